The predicted octanol–water partition coefficient (Wildman–Crippen LogP) is -0.267. The Labute approximate surface area is 121 Å². The minimum Gasteiger partial charge on any atom is -0.391 e. The van der Waals surface area contributed by atoms with E-state index in [0.29, 0.717) is 17.8 Å². The zero-order valence-corrected chi connectivity index (χ0v) is 12.2. The first kappa shape index (κ1) is 13.7. The van der Waals surface area contributed by atoms with Crippen molar-refractivity contribution in [3.05, 3.63) is 29.3 Å². The summed E-state index contributed by atoms with van der Waals surface area (Å²) in [5.41, 5.74) is 2.04. The van der Waals surface area contributed by atoms with Crippen molar-refractivity contribution in [2.24, 2.45) is 7.05 Å². The lowest BCUT2D eigenvalue weighted by molar-refractivity contribution is -0.00598. The molecule has 2 heterocycles. The van der Waals surface area contributed by atoms with Gasteiger partial charge in [-0.1, -0.05) is 5.21 Å². The molecule has 2 N–H and O–H groups in total. The van der Waals surface area contributed by atoms with E-state index < -0.39 is 6.10 Å². The van der Waals surface area contributed by atoms with Crippen LogP contribution in [0, 0.1) is 13.8 Å². The monoisotopic (exact) mass is 290 g/mol. The van der Waals surface area contributed by atoms with Crippen molar-refractivity contribution in [1.82, 2.24) is 30.1 Å². The van der Waals surface area contributed by atoms with E-state index in [-0.39, 0.29) is 18.0 Å². The molecule has 0 radical (unpaired) electrons. The Kier molecular flexibility index (Phi) is 3.25. The smallest absolute Gasteiger partial charge is 0.274 e. The maximum Gasteiger partial charge on any atom is 0.274 e. The molecule has 1 aliphatic rings. The molecule has 0 spiro atoms. The number of rotatable bonds is 3. The van der Waals surface area contributed by atoms with Gasteiger partial charge in [-0.15, -0.1) is 5.10 Å². The van der Waals surface area contributed by atoms with Crippen molar-refractivity contribution in [3.8, 4) is 0 Å². The summed E-state index contributed by atoms with van der Waals surface area (Å²) in [7, 11) is 1.74. The second kappa shape index (κ2) is 4.96. The fourth-order valence-corrected chi connectivity index (χ4v) is 2.56. The van der Waals surface area contributed by atoms with E-state index in [1.165, 1.54) is 0 Å². The summed E-state index contributed by atoms with van der Waals surface area (Å²) in [4.78, 5) is 12.2. The number of aryl methyl sites for hydroxylation is 2. The number of amides is 1. The highest BCUT2D eigenvalue weighted by molar-refractivity contribution is 5.93. The first-order valence-electron chi connectivity index (χ1n) is 6.83. The average molecular weight is 290 g/mol. The van der Waals surface area contributed by atoms with Crippen LogP contribution in [-0.2, 0) is 7.05 Å². The van der Waals surface area contributed by atoms with Crippen LogP contribution in [0.5, 0.6) is 0 Å². The summed E-state index contributed by atoms with van der Waals surface area (Å²) in [6, 6.07) is -0.396. The lowest BCUT2D eigenvalue weighted by atomic mass is 9.83. The molecule has 21 heavy (non-hydrogen) atoms. The van der Waals surface area contributed by atoms with Gasteiger partial charge in [0.2, 0.25) is 0 Å². The Balaban J connectivity index is 1.73. The third-order valence-corrected chi connectivity index (χ3v) is 3.98. The molecule has 2 aromatic rings. The van der Waals surface area contributed by atoms with E-state index >= 15 is 0 Å². The second-order valence-electron chi connectivity index (χ2n) is 5.52. The summed E-state index contributed by atoms with van der Waals surface area (Å²) in [5, 5.41) is 24.7. The van der Waals surface area contributed by atoms with Crippen LogP contribution in [0.3, 0.4) is 0 Å². The van der Waals surface area contributed by atoms with Crippen molar-refractivity contribution >= 4 is 5.91 Å². The molecule has 3 rings (SSSR count). The quantitative estimate of drug-likeness (QED) is 0.811. The van der Waals surface area contributed by atoms with Gasteiger partial charge in [-0.3, -0.25) is 14.2 Å². The van der Waals surface area contributed by atoms with Gasteiger partial charge in [0.05, 0.1) is 30.1 Å². The van der Waals surface area contributed by atoms with Crippen LogP contribution in [0.4, 0.5) is 0 Å². The normalized spacial score (nSPS) is 24.7. The Morgan fingerprint density at radius 2 is 2.24 bits per heavy atom. The summed E-state index contributed by atoms with van der Waals surface area (Å²) in [6.07, 6.45) is 3.60. The molecule has 2 aromatic heterocycles. The predicted molar refractivity (Wildman–Crippen MR) is 73.6 cm³/mol. The Morgan fingerprint density at radius 1 is 1.48 bits per heavy atom. The van der Waals surface area contributed by atoms with Gasteiger partial charge < -0.3 is 10.4 Å². The number of hydrogen-bond acceptors (Lipinski definition) is 5. The number of nitrogens with one attached hydrogen (secondary N) is 1. The molecular weight excluding hydrogens is 272 g/mol. The van der Waals surface area contributed by atoms with Gasteiger partial charge >= 0.3 is 0 Å². The van der Waals surface area contributed by atoms with Crippen LogP contribution in [-0.4, -0.2) is 47.9 Å². The molecule has 0 unspecified atom stereocenters. The molecule has 0 bridgehead atoms. The fourth-order valence-electron chi connectivity index (χ4n) is 2.56. The molecule has 8 nitrogen and oxygen atoms in total. The lowest BCUT2D eigenvalue weighted by Gasteiger charge is -2.41. The third kappa shape index (κ3) is 2.31. The molecule has 3 atom stereocenters. The maximum absolute atomic E-state index is 12.2. The summed E-state index contributed by atoms with van der Waals surface area (Å²) < 4.78 is 3.26. The van der Waals surface area contributed by atoms with Gasteiger partial charge in [0.15, 0.2) is 5.69 Å². The first-order chi connectivity index (χ1) is 9.97. The molecular formula is C13H18N6O2. The zero-order valence-electron chi connectivity index (χ0n) is 12.2. The number of aromatic nitrogens is 5. The molecule has 1 fully saturated rings. The van der Waals surface area contributed by atoms with Crippen LogP contribution >= 0.6 is 0 Å². The molecule has 1 saturated carbocycles. The number of aliphatic hydroxyl groups is 1. The molecule has 8 heteroatoms. The van der Waals surface area contributed by atoms with Gasteiger partial charge in [-0.25, -0.2) is 0 Å². The van der Waals surface area contributed by atoms with E-state index in [2.05, 4.69) is 20.7 Å². The van der Waals surface area contributed by atoms with Gasteiger partial charge in [0.25, 0.3) is 5.91 Å². The highest BCUT2D eigenvalue weighted by atomic mass is 16.3. The summed E-state index contributed by atoms with van der Waals surface area (Å²) in [6.45, 7) is 3.73. The third-order valence-electron chi connectivity index (χ3n) is 3.98. The van der Waals surface area contributed by atoms with Crippen molar-refractivity contribution in [2.75, 3.05) is 0 Å². The van der Waals surface area contributed by atoms with Crippen LogP contribution in [0.25, 0.3) is 0 Å². The molecule has 1 amide bonds. The van der Waals surface area contributed by atoms with E-state index in [1.54, 1.807) is 29.5 Å². The summed E-state index contributed by atoms with van der Waals surface area (Å²) in [5.74, 6) is -0.272. The molecule has 1 aliphatic carbocycles. The Hall–Kier alpha value is -2.22. The minimum atomic E-state index is -0.502. The van der Waals surface area contributed by atoms with Crippen molar-refractivity contribution in [1.29, 1.82) is 0 Å². The highest BCUT2D eigenvalue weighted by Crippen LogP contribution is 2.32. The van der Waals surface area contributed by atoms with Crippen LogP contribution in [0.2, 0.25) is 0 Å². The number of carbonyl (C=O) groups is 1. The highest BCUT2D eigenvalue weighted by Gasteiger charge is 2.43. The van der Waals surface area contributed by atoms with Crippen LogP contribution in [0.1, 0.15) is 34.2 Å². The van der Waals surface area contributed by atoms with E-state index in [9.17, 15) is 9.90 Å². The lowest BCUT2D eigenvalue weighted by Crippen LogP contribution is -2.56. The van der Waals surface area contributed by atoms with Crippen molar-refractivity contribution in [2.45, 2.75) is 38.5 Å². The largest absolute Gasteiger partial charge is 0.391 e. The number of nitrogens with zero attached hydrogens (tertiary/aromatic N) is 5. The van der Waals surface area contributed by atoms with Crippen molar-refractivity contribution in [3.63, 3.8) is 0 Å². The molecule has 0 aromatic carbocycles. The molecule has 112 valence electrons. The van der Waals surface area contributed by atoms with Gasteiger partial charge in [0.1, 0.15) is 0 Å². The topological polar surface area (TPSA) is 97.9 Å². The van der Waals surface area contributed by atoms with Crippen LogP contribution < -0.4 is 5.32 Å². The second-order valence-corrected chi connectivity index (χ2v) is 5.52. The van der Waals surface area contributed by atoms with Crippen LogP contribution in [0.15, 0.2) is 12.4 Å². The van der Waals surface area contributed by atoms with E-state index in [1.807, 2.05) is 13.1 Å². The van der Waals surface area contributed by atoms with Gasteiger partial charge in [-0.05, 0) is 25.8 Å². The first-order valence-corrected chi connectivity index (χ1v) is 6.83. The number of hydrogen-bond donors (Lipinski definition) is 2. The standard InChI is InChI=1S/C13H18N6O2/c1-7-5-14-19(6-7)12-9(4-10(12)20)15-13(21)11-8(2)18(3)17-16-11/h5-6,9-10,12,20H,4H2,1-3H3,(H,15,21)/t9-,10+,12+/m0/s1. The number of carbonyl (C=O) groups excluding carboxylic acids is 1. The van der Waals surface area contributed by atoms with E-state index in [0.717, 1.165) is 5.56 Å². The van der Waals surface area contributed by atoms with Crippen molar-refractivity contribution < 1.29 is 9.90 Å². The molecule has 0 saturated heterocycles. The maximum atomic E-state index is 12.2. The van der Waals surface area contributed by atoms with Gasteiger partial charge in [0, 0.05) is 13.2 Å². The minimum absolute atomic E-state index is 0.159. The molecule has 0 aliphatic heterocycles. The van der Waals surface area contributed by atoms with E-state index in [4.69, 9.17) is 0 Å². The Morgan fingerprint density at radius 3 is 2.76 bits per heavy atom. The average Bonchev–Trinajstić information content (AvgIpc) is 2.96. The fraction of sp³-hybridized carbons (Fsp3) is 0.538. The van der Waals surface area contributed by atoms with Gasteiger partial charge in [-0.2, -0.15) is 5.10 Å². The Bertz CT molecular complexity index is 676. The number of aliphatic hydroxyl groups excluding tert-OH is 1. The zero-order chi connectivity index (χ0) is 15.1. The summed E-state index contributed by atoms with van der Waals surface area (Å²) >= 11 is 0. The SMILES string of the molecule is Cc1cnn([C@H]2[C@H](O)C[C@@H]2NC(=O)c2nnn(C)c2C)c1.